The van der Waals surface area contributed by atoms with Crippen LogP contribution in [-0.4, -0.2) is 21.8 Å². The number of anilines is 2. The molecule has 2 amide bonds. The Balaban J connectivity index is 1.77. The fraction of sp³-hybridized carbons (Fsp3) is 0.0667. The Morgan fingerprint density at radius 1 is 1.18 bits per heavy atom. The van der Waals surface area contributed by atoms with E-state index in [0.717, 1.165) is 10.9 Å². The minimum atomic E-state index is -0.323. The number of amides is 2. The van der Waals surface area contributed by atoms with Crippen molar-refractivity contribution >= 4 is 44.9 Å². The molecule has 0 spiro atoms. The van der Waals surface area contributed by atoms with Crippen molar-refractivity contribution in [2.45, 2.75) is 6.92 Å². The lowest BCUT2D eigenvalue weighted by molar-refractivity contribution is -0.114. The van der Waals surface area contributed by atoms with Crippen LogP contribution < -0.4 is 10.6 Å². The second-order valence-corrected chi connectivity index (χ2v) is 5.44. The molecule has 0 saturated heterocycles. The molecule has 1 aromatic carbocycles. The van der Waals surface area contributed by atoms with Gasteiger partial charge in [-0.2, -0.15) is 0 Å². The van der Waals surface area contributed by atoms with E-state index >= 15 is 0 Å². The molecule has 2 aromatic heterocycles. The third-order valence-electron chi connectivity index (χ3n) is 2.88. The average Bonchev–Trinajstić information content (AvgIpc) is 2.95. The molecule has 2 N–H and O–H groups in total. The summed E-state index contributed by atoms with van der Waals surface area (Å²) in [5.74, 6) is -0.542. The summed E-state index contributed by atoms with van der Waals surface area (Å²) in [5.41, 5.74) is 1.79. The standard InChI is InChI=1S/C15H12N4O2S/c1-9(20)17-15-19-13(8-22-15)14(21)18-11-4-5-12-10(7-11)3-2-6-16-12/h2-8H,1H3,(H,18,21)(H,17,19,20). The zero-order chi connectivity index (χ0) is 15.5. The molecule has 0 aliphatic heterocycles. The van der Waals surface area contributed by atoms with Gasteiger partial charge in [0.2, 0.25) is 5.91 Å². The maximum atomic E-state index is 12.2. The summed E-state index contributed by atoms with van der Waals surface area (Å²) in [6.07, 6.45) is 1.72. The first kappa shape index (κ1) is 14.2. The van der Waals surface area contributed by atoms with Gasteiger partial charge in [-0.3, -0.25) is 14.6 Å². The number of carbonyl (C=O) groups is 2. The van der Waals surface area contributed by atoms with Crippen molar-refractivity contribution in [1.82, 2.24) is 9.97 Å². The normalized spacial score (nSPS) is 10.4. The summed E-state index contributed by atoms with van der Waals surface area (Å²) < 4.78 is 0. The van der Waals surface area contributed by atoms with Crippen LogP contribution in [0.3, 0.4) is 0 Å². The van der Waals surface area contributed by atoms with E-state index in [-0.39, 0.29) is 17.5 Å². The van der Waals surface area contributed by atoms with Crippen LogP contribution in [0.4, 0.5) is 10.8 Å². The van der Waals surface area contributed by atoms with Gasteiger partial charge in [0.25, 0.3) is 5.91 Å². The number of aromatic nitrogens is 2. The molecule has 3 aromatic rings. The van der Waals surface area contributed by atoms with E-state index in [1.165, 1.54) is 18.3 Å². The molecule has 2 heterocycles. The van der Waals surface area contributed by atoms with Crippen LogP contribution in [0.2, 0.25) is 0 Å². The summed E-state index contributed by atoms with van der Waals surface area (Å²) in [7, 11) is 0. The van der Waals surface area contributed by atoms with E-state index in [4.69, 9.17) is 0 Å². The number of pyridine rings is 1. The molecule has 0 unspecified atom stereocenters. The zero-order valence-electron chi connectivity index (χ0n) is 11.7. The molecule has 22 heavy (non-hydrogen) atoms. The van der Waals surface area contributed by atoms with E-state index in [0.29, 0.717) is 10.8 Å². The molecule has 6 nitrogen and oxygen atoms in total. The number of hydrogen-bond acceptors (Lipinski definition) is 5. The van der Waals surface area contributed by atoms with Gasteiger partial charge in [0.05, 0.1) is 5.52 Å². The van der Waals surface area contributed by atoms with Gasteiger partial charge in [0.1, 0.15) is 5.69 Å². The van der Waals surface area contributed by atoms with Crippen molar-refractivity contribution < 1.29 is 9.59 Å². The van der Waals surface area contributed by atoms with Crippen LogP contribution in [0, 0.1) is 0 Å². The minimum absolute atomic E-state index is 0.219. The molecule has 0 fully saturated rings. The first-order chi connectivity index (χ1) is 10.6. The number of carbonyl (C=O) groups excluding carboxylic acids is 2. The molecule has 0 saturated carbocycles. The van der Waals surface area contributed by atoms with Gasteiger partial charge >= 0.3 is 0 Å². The van der Waals surface area contributed by atoms with E-state index in [1.807, 2.05) is 24.3 Å². The molecular weight excluding hydrogens is 300 g/mol. The zero-order valence-corrected chi connectivity index (χ0v) is 12.5. The Labute approximate surface area is 130 Å². The Morgan fingerprint density at radius 3 is 2.86 bits per heavy atom. The number of hydrogen-bond donors (Lipinski definition) is 2. The SMILES string of the molecule is CC(=O)Nc1nc(C(=O)Nc2ccc3ncccc3c2)cs1. The van der Waals surface area contributed by atoms with E-state index in [9.17, 15) is 9.59 Å². The van der Waals surface area contributed by atoms with E-state index < -0.39 is 0 Å². The van der Waals surface area contributed by atoms with Crippen molar-refractivity contribution in [3.8, 4) is 0 Å². The second kappa shape index (κ2) is 5.90. The van der Waals surface area contributed by atoms with Crippen LogP contribution in [0.5, 0.6) is 0 Å². The summed E-state index contributed by atoms with van der Waals surface area (Å²) >= 11 is 1.21. The van der Waals surface area contributed by atoms with E-state index in [1.54, 1.807) is 17.6 Å². The fourth-order valence-corrected chi connectivity index (χ4v) is 2.67. The van der Waals surface area contributed by atoms with Crippen molar-refractivity contribution in [3.63, 3.8) is 0 Å². The Bertz CT molecular complexity index is 859. The highest BCUT2D eigenvalue weighted by atomic mass is 32.1. The van der Waals surface area contributed by atoms with Crippen LogP contribution in [0.1, 0.15) is 17.4 Å². The van der Waals surface area contributed by atoms with E-state index in [2.05, 4.69) is 20.6 Å². The Kier molecular flexibility index (Phi) is 3.80. The number of rotatable bonds is 3. The Morgan fingerprint density at radius 2 is 2.05 bits per heavy atom. The van der Waals surface area contributed by atoms with Gasteiger partial charge in [0.15, 0.2) is 5.13 Å². The van der Waals surface area contributed by atoms with Gasteiger partial charge in [0, 0.05) is 29.6 Å². The Hall–Kier alpha value is -2.80. The lowest BCUT2D eigenvalue weighted by Gasteiger charge is -2.04. The van der Waals surface area contributed by atoms with Crippen molar-refractivity contribution in [3.05, 3.63) is 47.6 Å². The van der Waals surface area contributed by atoms with Crippen LogP contribution >= 0.6 is 11.3 Å². The lowest BCUT2D eigenvalue weighted by Crippen LogP contribution is -2.13. The second-order valence-electron chi connectivity index (χ2n) is 4.58. The highest BCUT2D eigenvalue weighted by molar-refractivity contribution is 7.14. The number of fused-ring (bicyclic) bond motifs is 1. The summed E-state index contributed by atoms with van der Waals surface area (Å²) in [5, 5.41) is 8.28. The maximum Gasteiger partial charge on any atom is 0.275 e. The topological polar surface area (TPSA) is 84.0 Å². The molecule has 0 aliphatic carbocycles. The highest BCUT2D eigenvalue weighted by Gasteiger charge is 2.12. The predicted molar refractivity (Wildman–Crippen MR) is 86.1 cm³/mol. The molecule has 0 atom stereocenters. The smallest absolute Gasteiger partial charge is 0.275 e. The van der Waals surface area contributed by atoms with Crippen molar-refractivity contribution in [1.29, 1.82) is 0 Å². The molecule has 110 valence electrons. The lowest BCUT2D eigenvalue weighted by atomic mass is 10.2. The molecule has 0 aliphatic rings. The third-order valence-corrected chi connectivity index (χ3v) is 3.64. The largest absolute Gasteiger partial charge is 0.321 e. The summed E-state index contributed by atoms with van der Waals surface area (Å²) in [6, 6.07) is 9.24. The summed E-state index contributed by atoms with van der Waals surface area (Å²) in [6.45, 7) is 1.39. The monoisotopic (exact) mass is 312 g/mol. The van der Waals surface area contributed by atoms with Crippen LogP contribution in [0.25, 0.3) is 10.9 Å². The van der Waals surface area contributed by atoms with Gasteiger partial charge in [-0.15, -0.1) is 11.3 Å². The number of nitrogens with one attached hydrogen (secondary N) is 2. The summed E-state index contributed by atoms with van der Waals surface area (Å²) in [4.78, 5) is 31.4. The van der Waals surface area contributed by atoms with Gasteiger partial charge in [-0.1, -0.05) is 6.07 Å². The van der Waals surface area contributed by atoms with Crippen LogP contribution in [0.15, 0.2) is 41.9 Å². The molecule has 0 radical (unpaired) electrons. The van der Waals surface area contributed by atoms with Gasteiger partial charge < -0.3 is 10.6 Å². The number of benzene rings is 1. The molecule has 3 rings (SSSR count). The fourth-order valence-electron chi connectivity index (χ4n) is 1.93. The molecular formula is C15H12N4O2S. The van der Waals surface area contributed by atoms with Gasteiger partial charge in [-0.05, 0) is 24.3 Å². The number of nitrogens with zero attached hydrogens (tertiary/aromatic N) is 2. The van der Waals surface area contributed by atoms with Crippen LogP contribution in [-0.2, 0) is 4.79 Å². The maximum absolute atomic E-state index is 12.2. The minimum Gasteiger partial charge on any atom is -0.321 e. The van der Waals surface area contributed by atoms with Crippen molar-refractivity contribution in [2.24, 2.45) is 0 Å². The molecule has 0 bridgehead atoms. The highest BCUT2D eigenvalue weighted by Crippen LogP contribution is 2.19. The van der Waals surface area contributed by atoms with Crippen molar-refractivity contribution in [2.75, 3.05) is 10.6 Å². The predicted octanol–water partition coefficient (Wildman–Crippen LogP) is 2.90. The molecule has 7 heteroatoms. The van der Waals surface area contributed by atoms with Gasteiger partial charge in [-0.25, -0.2) is 4.98 Å². The first-order valence-electron chi connectivity index (χ1n) is 6.51. The quantitative estimate of drug-likeness (QED) is 0.779. The number of thiazole rings is 1. The first-order valence-corrected chi connectivity index (χ1v) is 7.39. The average molecular weight is 312 g/mol. The third kappa shape index (κ3) is 3.09.